The molecule has 116 valence electrons. The predicted octanol–water partition coefficient (Wildman–Crippen LogP) is 2.59. The van der Waals surface area contributed by atoms with Crippen LogP contribution in [0.1, 0.15) is 12.8 Å². The minimum Gasteiger partial charge on any atom is -0.480 e. The average molecular weight is 363 g/mol. The summed E-state index contributed by atoms with van der Waals surface area (Å²) in [6.45, 7) is 0.413. The van der Waals surface area contributed by atoms with Crippen LogP contribution in [0.5, 0.6) is 0 Å². The van der Waals surface area contributed by atoms with Crippen LogP contribution in [-0.4, -0.2) is 36.9 Å². The minimum absolute atomic E-state index is 0.251. The Kier molecular flexibility index (Phi) is 7.10. The zero-order valence-electron chi connectivity index (χ0n) is 11.4. The molecule has 3 N–H and O–H groups in total. The first-order chi connectivity index (χ1) is 9.93. The fraction of sp³-hybridized carbons (Fsp3) is 0.385. The molecule has 2 amide bonds. The summed E-state index contributed by atoms with van der Waals surface area (Å²) in [5, 5.41) is 13.8. The Labute approximate surface area is 129 Å². The van der Waals surface area contributed by atoms with E-state index in [0.717, 1.165) is 0 Å². The van der Waals surface area contributed by atoms with E-state index >= 15 is 0 Å². The lowest BCUT2D eigenvalue weighted by Crippen LogP contribution is -2.43. The molecule has 6 nitrogen and oxygen atoms in total. The second-order valence-electron chi connectivity index (χ2n) is 4.25. The van der Waals surface area contributed by atoms with Gasteiger partial charge in [0.1, 0.15) is 11.9 Å². The van der Waals surface area contributed by atoms with Crippen molar-refractivity contribution in [2.45, 2.75) is 18.9 Å². The first kappa shape index (κ1) is 17.4. The van der Waals surface area contributed by atoms with Crippen molar-refractivity contribution in [1.29, 1.82) is 0 Å². The van der Waals surface area contributed by atoms with Gasteiger partial charge >= 0.3 is 12.0 Å². The Hall–Kier alpha value is -1.67. The summed E-state index contributed by atoms with van der Waals surface area (Å²) in [6.07, 6.45) is 0.759. The second-order valence-corrected chi connectivity index (χ2v) is 5.10. The van der Waals surface area contributed by atoms with Crippen LogP contribution in [0.3, 0.4) is 0 Å². The third-order valence-corrected chi connectivity index (χ3v) is 3.28. The van der Waals surface area contributed by atoms with Gasteiger partial charge in [0.05, 0.1) is 5.69 Å². The number of hydrogen-bond donors (Lipinski definition) is 3. The van der Waals surface area contributed by atoms with E-state index in [1.165, 1.54) is 25.3 Å². The van der Waals surface area contributed by atoms with Crippen LogP contribution >= 0.6 is 15.9 Å². The molecule has 0 bridgehead atoms. The first-order valence-corrected chi connectivity index (χ1v) is 6.97. The highest BCUT2D eigenvalue weighted by molar-refractivity contribution is 9.10. The van der Waals surface area contributed by atoms with Crippen molar-refractivity contribution in [3.63, 3.8) is 0 Å². The molecule has 0 spiro atoms. The third kappa shape index (κ3) is 6.09. The van der Waals surface area contributed by atoms with Crippen molar-refractivity contribution in [2.24, 2.45) is 0 Å². The number of ether oxygens (including phenoxy) is 1. The number of carbonyl (C=O) groups is 2. The fourth-order valence-corrected chi connectivity index (χ4v) is 2.05. The van der Waals surface area contributed by atoms with E-state index in [1.54, 1.807) is 0 Å². The van der Waals surface area contributed by atoms with E-state index in [-0.39, 0.29) is 6.42 Å². The molecule has 1 aromatic rings. The van der Waals surface area contributed by atoms with Gasteiger partial charge in [-0.15, -0.1) is 0 Å². The number of halogens is 2. The number of aliphatic carboxylic acids is 1. The summed E-state index contributed by atoms with van der Waals surface area (Å²) >= 11 is 3.11. The second kappa shape index (κ2) is 8.58. The quantitative estimate of drug-likeness (QED) is 0.650. The monoisotopic (exact) mass is 362 g/mol. The third-order valence-electron chi connectivity index (χ3n) is 2.62. The lowest BCUT2D eigenvalue weighted by molar-refractivity contribution is -0.139. The predicted molar refractivity (Wildman–Crippen MR) is 78.8 cm³/mol. The van der Waals surface area contributed by atoms with Gasteiger partial charge in [0.2, 0.25) is 0 Å². The number of carbonyl (C=O) groups excluding carboxylic acids is 1. The Bertz CT molecular complexity index is 513. The molecule has 0 aliphatic heterocycles. The summed E-state index contributed by atoms with van der Waals surface area (Å²) in [6, 6.07) is 2.07. The molecule has 0 aromatic heterocycles. The van der Waals surface area contributed by atoms with Gasteiger partial charge in [0.15, 0.2) is 0 Å². The molecule has 1 aromatic carbocycles. The first-order valence-electron chi connectivity index (χ1n) is 6.18. The molecule has 8 heteroatoms. The van der Waals surface area contributed by atoms with Gasteiger partial charge in [-0.05, 0) is 47.0 Å². The summed E-state index contributed by atoms with van der Waals surface area (Å²) in [7, 11) is 1.52. The van der Waals surface area contributed by atoms with E-state index in [4.69, 9.17) is 9.84 Å². The van der Waals surface area contributed by atoms with E-state index in [0.29, 0.717) is 23.2 Å². The number of carboxylic acids is 1. The number of urea groups is 1. The van der Waals surface area contributed by atoms with Gasteiger partial charge < -0.3 is 20.5 Å². The number of hydrogen-bond acceptors (Lipinski definition) is 3. The van der Waals surface area contributed by atoms with Crippen LogP contribution in [0.2, 0.25) is 0 Å². The highest BCUT2D eigenvalue weighted by Gasteiger charge is 2.19. The number of benzene rings is 1. The van der Waals surface area contributed by atoms with Crippen LogP contribution in [0.25, 0.3) is 0 Å². The van der Waals surface area contributed by atoms with Gasteiger partial charge in [-0.2, -0.15) is 0 Å². The van der Waals surface area contributed by atoms with Gasteiger partial charge in [-0.1, -0.05) is 0 Å². The Morgan fingerprint density at radius 3 is 2.76 bits per heavy atom. The minimum atomic E-state index is -1.13. The van der Waals surface area contributed by atoms with E-state index < -0.39 is 23.9 Å². The standard InChI is InChI=1S/C13H16BrFN2O4/c1-21-6-2-3-11(12(18)19)17-13(20)16-10-5-4-8(15)7-9(10)14/h4-5,7,11H,2-3,6H2,1H3,(H,18,19)(H2,16,17,20). The lowest BCUT2D eigenvalue weighted by atomic mass is 10.1. The Balaban J connectivity index is 2.59. The molecule has 0 aliphatic carbocycles. The molecule has 0 fully saturated rings. The van der Waals surface area contributed by atoms with Crippen LogP contribution in [0, 0.1) is 5.82 Å². The zero-order valence-corrected chi connectivity index (χ0v) is 12.9. The van der Waals surface area contributed by atoms with Crippen molar-refractivity contribution in [3.05, 3.63) is 28.5 Å². The van der Waals surface area contributed by atoms with Crippen molar-refractivity contribution in [2.75, 3.05) is 19.0 Å². The van der Waals surface area contributed by atoms with Gasteiger partial charge in [-0.3, -0.25) is 0 Å². The van der Waals surface area contributed by atoms with Crippen LogP contribution < -0.4 is 10.6 Å². The topological polar surface area (TPSA) is 87.7 Å². The average Bonchev–Trinajstić information content (AvgIpc) is 2.41. The number of methoxy groups -OCH3 is 1. The zero-order chi connectivity index (χ0) is 15.8. The molecule has 1 atom stereocenters. The van der Waals surface area contributed by atoms with Crippen molar-refractivity contribution >= 4 is 33.6 Å². The highest BCUT2D eigenvalue weighted by atomic mass is 79.9. The maximum Gasteiger partial charge on any atom is 0.326 e. The normalized spacial score (nSPS) is 11.8. The highest BCUT2D eigenvalue weighted by Crippen LogP contribution is 2.22. The van der Waals surface area contributed by atoms with Crippen LogP contribution in [-0.2, 0) is 9.53 Å². The molecule has 1 unspecified atom stereocenters. The number of anilines is 1. The van der Waals surface area contributed by atoms with Gasteiger partial charge in [0.25, 0.3) is 0 Å². The van der Waals surface area contributed by atoms with E-state index in [2.05, 4.69) is 26.6 Å². The van der Waals surface area contributed by atoms with Crippen LogP contribution in [0.15, 0.2) is 22.7 Å². The molecular formula is C13H16BrFN2O4. The molecule has 0 aliphatic rings. The van der Waals surface area contributed by atoms with Crippen molar-refractivity contribution in [1.82, 2.24) is 5.32 Å². The van der Waals surface area contributed by atoms with Crippen molar-refractivity contribution < 1.29 is 23.8 Å². The molecular weight excluding hydrogens is 347 g/mol. The van der Waals surface area contributed by atoms with Gasteiger partial charge in [0, 0.05) is 18.2 Å². The van der Waals surface area contributed by atoms with E-state index in [1.807, 2.05) is 0 Å². The molecule has 0 radical (unpaired) electrons. The smallest absolute Gasteiger partial charge is 0.326 e. The Morgan fingerprint density at radius 1 is 1.48 bits per heavy atom. The Morgan fingerprint density at radius 2 is 2.19 bits per heavy atom. The SMILES string of the molecule is COCCCC(NC(=O)Nc1ccc(F)cc1Br)C(=O)O. The fourth-order valence-electron chi connectivity index (χ4n) is 1.60. The number of amides is 2. The summed E-state index contributed by atoms with van der Waals surface area (Å²) < 4.78 is 18.1. The summed E-state index contributed by atoms with van der Waals surface area (Å²) in [5.74, 6) is -1.57. The molecule has 1 rings (SSSR count). The maximum atomic E-state index is 12.9. The molecule has 0 heterocycles. The largest absolute Gasteiger partial charge is 0.480 e. The van der Waals surface area contributed by atoms with Gasteiger partial charge in [-0.25, -0.2) is 14.0 Å². The summed E-state index contributed by atoms with van der Waals surface area (Å²) in [4.78, 5) is 22.8. The number of carboxylic acid groups (broad SMARTS) is 1. The molecule has 0 saturated carbocycles. The van der Waals surface area contributed by atoms with Crippen LogP contribution in [0.4, 0.5) is 14.9 Å². The number of nitrogens with one attached hydrogen (secondary N) is 2. The lowest BCUT2D eigenvalue weighted by Gasteiger charge is -2.15. The molecule has 21 heavy (non-hydrogen) atoms. The maximum absolute atomic E-state index is 12.9. The van der Waals surface area contributed by atoms with Crippen molar-refractivity contribution in [3.8, 4) is 0 Å². The molecule has 0 saturated heterocycles. The van der Waals surface area contributed by atoms with E-state index in [9.17, 15) is 14.0 Å². The number of rotatable bonds is 7. The summed E-state index contributed by atoms with van der Waals surface area (Å²) in [5.41, 5.74) is 0.343.